The molecular weight excluding hydrogens is 534 g/mol. The second kappa shape index (κ2) is 9.86. The quantitative estimate of drug-likeness (QED) is 0.206. The van der Waals surface area contributed by atoms with Gasteiger partial charge >= 0.3 is 0 Å². The van der Waals surface area contributed by atoms with Crippen molar-refractivity contribution in [2.24, 2.45) is 0 Å². The van der Waals surface area contributed by atoms with Gasteiger partial charge in [0.05, 0.1) is 26.3 Å². The van der Waals surface area contributed by atoms with Crippen LogP contribution in [0.15, 0.2) is 168 Å². The van der Waals surface area contributed by atoms with E-state index in [0.717, 1.165) is 49.7 Å². The van der Waals surface area contributed by atoms with Gasteiger partial charge in [0.2, 0.25) is 0 Å². The smallest absolute Gasteiger partial charge is 0.136 e. The zero-order valence-corrected chi connectivity index (χ0v) is 23.4. The number of hydrogen-bond donors (Lipinski definition) is 0. The number of hydrogen-bond acceptors (Lipinski definition) is 1. The van der Waals surface area contributed by atoms with E-state index in [1.807, 2.05) is 72.8 Å². The summed E-state index contributed by atoms with van der Waals surface area (Å²) >= 11 is 0. The molecule has 2 aromatic heterocycles. The third-order valence-corrected chi connectivity index (χ3v) is 8.36. The van der Waals surface area contributed by atoms with Crippen molar-refractivity contribution in [2.45, 2.75) is 0 Å². The van der Waals surface area contributed by atoms with E-state index in [-0.39, 0.29) is 57.7 Å². The lowest BCUT2D eigenvalue weighted by atomic mass is 9.91. The Morgan fingerprint density at radius 3 is 2.02 bits per heavy atom. The Labute approximate surface area is 264 Å². The number of fused-ring (bicyclic) bond motifs is 6. The number of aromatic nitrogens is 1. The van der Waals surface area contributed by atoms with Gasteiger partial charge in [0, 0.05) is 27.1 Å². The summed E-state index contributed by atoms with van der Waals surface area (Å²) in [4.78, 5) is 0. The van der Waals surface area contributed by atoms with Crippen LogP contribution in [-0.2, 0) is 0 Å². The van der Waals surface area contributed by atoms with E-state index < -0.39 is 12.1 Å². The predicted molar refractivity (Wildman–Crippen MR) is 184 cm³/mol. The lowest BCUT2D eigenvalue weighted by molar-refractivity contribution is 0.669. The Hall–Kier alpha value is -5.86. The number of benzene rings is 7. The molecule has 0 fully saturated rings. The van der Waals surface area contributed by atoms with Crippen LogP contribution in [-0.4, -0.2) is 4.57 Å². The summed E-state index contributed by atoms with van der Waals surface area (Å²) in [6.45, 7) is 0. The fourth-order valence-electron chi connectivity index (χ4n) is 6.44. The Morgan fingerprint density at radius 2 is 1.14 bits per heavy atom. The Bertz CT molecular complexity index is 2890. The van der Waals surface area contributed by atoms with Crippen molar-refractivity contribution >= 4 is 43.7 Å². The van der Waals surface area contributed by atoms with Gasteiger partial charge < -0.3 is 8.98 Å². The van der Waals surface area contributed by atoms with Gasteiger partial charge in [0.25, 0.3) is 0 Å². The first-order chi connectivity index (χ1) is 24.8. The van der Waals surface area contributed by atoms with E-state index >= 15 is 0 Å². The van der Waals surface area contributed by atoms with E-state index in [9.17, 15) is 1.37 Å². The molecule has 9 rings (SSSR count). The van der Waals surface area contributed by atoms with Crippen LogP contribution in [0.3, 0.4) is 0 Å². The molecule has 0 atom stereocenters. The molecule has 0 N–H and O–H groups in total. The predicted octanol–water partition coefficient (Wildman–Crippen LogP) is 11.7. The van der Waals surface area contributed by atoms with Crippen LogP contribution in [0.5, 0.6) is 0 Å². The third-order valence-electron chi connectivity index (χ3n) is 8.36. The Balaban J connectivity index is 1.35. The van der Waals surface area contributed by atoms with Gasteiger partial charge in [-0.3, -0.25) is 0 Å². The highest BCUT2D eigenvalue weighted by Gasteiger charge is 2.19. The maximum atomic E-state index is 9.20. The van der Waals surface area contributed by atoms with Crippen LogP contribution in [0.25, 0.3) is 82.8 Å². The first-order valence-electron chi connectivity index (χ1n) is 18.0. The molecule has 2 nitrogen and oxygen atoms in total. The molecule has 2 heterocycles. The van der Waals surface area contributed by atoms with Crippen LogP contribution >= 0.6 is 0 Å². The first kappa shape index (κ1) is 18.6. The van der Waals surface area contributed by atoms with Gasteiger partial charge in [-0.2, -0.15) is 0 Å². The van der Waals surface area contributed by atoms with E-state index in [4.69, 9.17) is 12.6 Å². The summed E-state index contributed by atoms with van der Waals surface area (Å²) in [7, 11) is 0. The average molecular weight is 569 g/mol. The molecule has 2 heteroatoms. The minimum Gasteiger partial charge on any atom is -0.456 e. The molecule has 0 aliphatic rings. The van der Waals surface area contributed by atoms with Crippen LogP contribution in [0.2, 0.25) is 0 Å². The van der Waals surface area contributed by atoms with Gasteiger partial charge in [0.1, 0.15) is 11.2 Å². The minimum atomic E-state index is -0.451. The Morgan fingerprint density at radius 1 is 0.455 bits per heavy atom. The topological polar surface area (TPSA) is 18.1 Å². The van der Waals surface area contributed by atoms with Gasteiger partial charge in [-0.1, -0.05) is 127 Å². The van der Waals surface area contributed by atoms with Crippen molar-refractivity contribution in [2.75, 3.05) is 0 Å². The second-order valence-electron chi connectivity index (χ2n) is 10.8. The molecule has 9 aromatic rings. The van der Waals surface area contributed by atoms with Gasteiger partial charge in [-0.15, -0.1) is 0 Å². The lowest BCUT2D eigenvalue weighted by Gasteiger charge is -2.17. The molecule has 0 saturated heterocycles. The maximum absolute atomic E-state index is 9.20. The molecule has 206 valence electrons. The fraction of sp³-hybridized carbons (Fsp3) is 0. The van der Waals surface area contributed by atoms with Crippen molar-refractivity contribution in [3.63, 3.8) is 0 Å². The largest absolute Gasteiger partial charge is 0.456 e. The summed E-state index contributed by atoms with van der Waals surface area (Å²) in [6.07, 6.45) is 0. The van der Waals surface area contributed by atoms with E-state index in [1.165, 1.54) is 0 Å². The number of rotatable bonds is 4. The van der Waals surface area contributed by atoms with Crippen LogP contribution in [0.1, 0.15) is 9.60 Å². The highest BCUT2D eigenvalue weighted by molar-refractivity contribution is 6.14. The molecular formula is C42H27NO. The highest BCUT2D eigenvalue weighted by atomic mass is 16.3. The molecule has 0 radical (unpaired) electrons. The monoisotopic (exact) mass is 568 g/mol. The normalized spacial score (nSPS) is 13.9. The molecule has 0 aliphatic carbocycles. The fourth-order valence-corrected chi connectivity index (χ4v) is 6.44. The summed E-state index contributed by atoms with van der Waals surface area (Å²) in [5.74, 6) is 0. The van der Waals surface area contributed by atoms with Crippen molar-refractivity contribution in [1.29, 1.82) is 0 Å². The molecule has 0 bridgehead atoms. The van der Waals surface area contributed by atoms with Crippen LogP contribution in [0, 0.1) is 0 Å². The summed E-state index contributed by atoms with van der Waals surface area (Å²) in [5.41, 5.74) is 7.50. The molecule has 0 amide bonds. The number of furan rings is 1. The third kappa shape index (κ3) is 3.75. The van der Waals surface area contributed by atoms with Crippen molar-refractivity contribution in [1.82, 2.24) is 4.57 Å². The SMILES string of the molecule is [2H]c1c([2H])c([2H])c2c(oc3c([2H])c([2H])c([2H])c(-c4ccccc4-c4ccccc4-n4c5ccccc5c5cc(-c6ccccc6)ccc54)c32)c1[2H]. The lowest BCUT2D eigenvalue weighted by Crippen LogP contribution is -1.98. The molecule has 0 spiro atoms. The minimum absolute atomic E-state index is 0.0484. The zero-order chi connectivity index (χ0) is 35.1. The van der Waals surface area contributed by atoms with Gasteiger partial charge in [-0.05, 0) is 64.2 Å². The number of nitrogens with zero attached hydrogens (tertiary/aromatic N) is 1. The molecule has 0 unspecified atom stereocenters. The molecule has 0 saturated carbocycles. The van der Waals surface area contributed by atoms with Crippen molar-refractivity contribution < 1.29 is 14.0 Å². The standard InChI is InChI=1S/C42H27NO/c1-2-13-28(14-3-1)29-25-26-39-36(27-29)33-18-7-10-22-38(33)43(39)37-21-9-6-17-32(37)30-15-4-5-16-31(30)34-20-12-24-41-42(34)35-19-8-11-23-40(35)44-41/h1-27H/i8D,11D,12D,19D,20D,23D,24D. The number of para-hydroxylation sites is 3. The maximum Gasteiger partial charge on any atom is 0.136 e. The summed E-state index contributed by atoms with van der Waals surface area (Å²) in [6, 6.07) is 38.2. The van der Waals surface area contributed by atoms with E-state index in [2.05, 4.69) is 53.1 Å². The molecule has 0 aliphatic heterocycles. The van der Waals surface area contributed by atoms with E-state index in [1.54, 1.807) is 0 Å². The second-order valence-corrected chi connectivity index (χ2v) is 10.8. The zero-order valence-electron chi connectivity index (χ0n) is 30.4. The van der Waals surface area contributed by atoms with Gasteiger partial charge in [-0.25, -0.2) is 0 Å². The van der Waals surface area contributed by atoms with Crippen molar-refractivity contribution in [3.05, 3.63) is 164 Å². The first-order valence-corrected chi connectivity index (χ1v) is 14.5. The highest BCUT2D eigenvalue weighted by Crippen LogP contribution is 2.43. The van der Waals surface area contributed by atoms with E-state index in [0.29, 0.717) is 5.56 Å². The molecule has 44 heavy (non-hydrogen) atoms. The summed E-state index contributed by atoms with van der Waals surface area (Å²) in [5, 5.41) is 2.52. The van der Waals surface area contributed by atoms with Crippen molar-refractivity contribution in [3.8, 4) is 39.1 Å². The Kier molecular flexibility index (Phi) is 4.17. The van der Waals surface area contributed by atoms with Crippen LogP contribution < -0.4 is 0 Å². The summed E-state index contributed by atoms with van der Waals surface area (Å²) < 4.78 is 68.9. The van der Waals surface area contributed by atoms with Crippen LogP contribution in [0.4, 0.5) is 0 Å². The average Bonchev–Trinajstić information content (AvgIpc) is 3.73. The van der Waals surface area contributed by atoms with Gasteiger partial charge in [0.15, 0.2) is 0 Å². The molecule has 7 aromatic carbocycles.